The Morgan fingerprint density at radius 3 is 2.37 bits per heavy atom. The minimum absolute atomic E-state index is 0.00311. The van der Waals surface area contributed by atoms with Crippen LogP contribution in [0.1, 0.15) is 36.8 Å². The normalized spacial score (nSPS) is 13.2. The van der Waals surface area contributed by atoms with Crippen molar-refractivity contribution < 1.29 is 27.8 Å². The molecule has 0 spiro atoms. The first-order valence-corrected chi connectivity index (χ1v) is 12.4. The second-order valence-corrected chi connectivity index (χ2v) is 11.1. The van der Waals surface area contributed by atoms with E-state index in [9.17, 15) is 18.3 Å². The molecule has 4 aromatic rings. The number of hydrogen-bond donors (Lipinski definition) is 3. The molecule has 0 unspecified atom stereocenters. The van der Waals surface area contributed by atoms with E-state index in [1.165, 1.54) is 0 Å². The number of aromatic amines is 1. The number of hydrogen-bond acceptors (Lipinski definition) is 5. The molecule has 0 bridgehead atoms. The Labute approximate surface area is 202 Å². The van der Waals surface area contributed by atoms with E-state index in [-0.39, 0.29) is 22.8 Å². The van der Waals surface area contributed by atoms with Crippen molar-refractivity contribution in [1.82, 2.24) is 4.98 Å². The molecule has 3 aromatic carbocycles. The maximum absolute atomic E-state index is 13.1. The SMILES string of the molecule is CC(C)(C)c1ccc(S(=O)(=O)Nc2ccc3[nH]c(C(=O)O)c(-c4ccc5c(c4)OCO5)c3c2)cc1. The van der Waals surface area contributed by atoms with Crippen LogP contribution in [0.2, 0.25) is 0 Å². The zero-order valence-corrected chi connectivity index (χ0v) is 20.2. The van der Waals surface area contributed by atoms with Crippen LogP contribution >= 0.6 is 0 Å². The van der Waals surface area contributed by atoms with Gasteiger partial charge in [-0.05, 0) is 59.0 Å². The van der Waals surface area contributed by atoms with Crippen LogP contribution in [0.15, 0.2) is 65.6 Å². The van der Waals surface area contributed by atoms with E-state index in [4.69, 9.17) is 9.47 Å². The van der Waals surface area contributed by atoms with Crippen LogP contribution in [0.3, 0.4) is 0 Å². The fourth-order valence-corrected chi connectivity index (χ4v) is 5.17. The van der Waals surface area contributed by atoms with Crippen LogP contribution in [0.25, 0.3) is 22.0 Å². The van der Waals surface area contributed by atoms with Gasteiger partial charge in [-0.2, -0.15) is 0 Å². The molecule has 180 valence electrons. The van der Waals surface area contributed by atoms with Crippen LogP contribution in [-0.2, 0) is 15.4 Å². The van der Waals surface area contributed by atoms with E-state index >= 15 is 0 Å². The monoisotopic (exact) mass is 492 g/mol. The van der Waals surface area contributed by atoms with Crippen molar-refractivity contribution in [3.05, 3.63) is 71.9 Å². The topological polar surface area (TPSA) is 118 Å². The Balaban J connectivity index is 1.55. The van der Waals surface area contributed by atoms with Gasteiger partial charge in [0.25, 0.3) is 10.0 Å². The van der Waals surface area contributed by atoms with Crippen molar-refractivity contribution in [3.8, 4) is 22.6 Å². The number of carboxylic acid groups (broad SMARTS) is 1. The number of anilines is 1. The van der Waals surface area contributed by atoms with Crippen molar-refractivity contribution in [2.24, 2.45) is 0 Å². The number of rotatable bonds is 5. The molecule has 0 atom stereocenters. The van der Waals surface area contributed by atoms with Gasteiger partial charge in [-0.25, -0.2) is 13.2 Å². The molecule has 0 amide bonds. The zero-order valence-electron chi connectivity index (χ0n) is 19.4. The Hall–Kier alpha value is -3.98. The molecule has 0 fully saturated rings. The summed E-state index contributed by atoms with van der Waals surface area (Å²) in [7, 11) is -3.85. The summed E-state index contributed by atoms with van der Waals surface area (Å²) in [5, 5.41) is 10.4. The van der Waals surface area contributed by atoms with E-state index in [1.54, 1.807) is 60.7 Å². The van der Waals surface area contributed by atoms with E-state index in [2.05, 4.69) is 30.5 Å². The molecule has 3 N–H and O–H groups in total. The van der Waals surface area contributed by atoms with Gasteiger partial charge in [-0.15, -0.1) is 0 Å². The number of carbonyl (C=O) groups is 1. The van der Waals surface area contributed by atoms with Gasteiger partial charge in [0.05, 0.1) is 4.90 Å². The predicted octanol–water partition coefficient (Wildman–Crippen LogP) is 5.36. The summed E-state index contributed by atoms with van der Waals surface area (Å²) in [6.45, 7) is 6.28. The molecular weight excluding hydrogens is 468 g/mol. The lowest BCUT2D eigenvalue weighted by atomic mass is 9.87. The number of sulfonamides is 1. The van der Waals surface area contributed by atoms with Gasteiger partial charge in [0.1, 0.15) is 5.69 Å². The van der Waals surface area contributed by atoms with Crippen LogP contribution in [0.4, 0.5) is 5.69 Å². The minimum atomic E-state index is -3.85. The molecule has 0 radical (unpaired) electrons. The number of aromatic nitrogens is 1. The molecule has 35 heavy (non-hydrogen) atoms. The highest BCUT2D eigenvalue weighted by molar-refractivity contribution is 7.92. The average molecular weight is 493 g/mol. The second kappa shape index (κ2) is 8.06. The molecule has 0 aliphatic carbocycles. The Morgan fingerprint density at radius 1 is 0.971 bits per heavy atom. The second-order valence-electron chi connectivity index (χ2n) is 9.39. The number of fused-ring (bicyclic) bond motifs is 2. The molecule has 1 aliphatic rings. The number of ether oxygens (including phenoxy) is 2. The molecule has 8 nitrogen and oxygen atoms in total. The first kappa shape index (κ1) is 22.8. The number of H-pyrrole nitrogens is 1. The van der Waals surface area contributed by atoms with Crippen molar-refractivity contribution in [2.45, 2.75) is 31.1 Å². The molecule has 1 aliphatic heterocycles. The van der Waals surface area contributed by atoms with Gasteiger partial charge in [-0.3, -0.25) is 4.72 Å². The van der Waals surface area contributed by atoms with Crippen molar-refractivity contribution in [1.29, 1.82) is 0 Å². The van der Waals surface area contributed by atoms with Crippen molar-refractivity contribution in [2.75, 3.05) is 11.5 Å². The minimum Gasteiger partial charge on any atom is -0.477 e. The van der Waals surface area contributed by atoms with E-state index in [0.717, 1.165) is 5.56 Å². The number of benzene rings is 3. The summed E-state index contributed by atoms with van der Waals surface area (Å²) in [6, 6.07) is 16.8. The standard InChI is InChI=1S/C26H24N2O6S/c1-26(2,3)16-5-8-18(9-6-16)35(31,32)28-17-7-10-20-19(13-17)23(24(27-20)25(29)30)15-4-11-21-22(12-15)34-14-33-21/h4-13,27-28H,14H2,1-3H3,(H,29,30). The third-order valence-electron chi connectivity index (χ3n) is 5.96. The van der Waals surface area contributed by atoms with Gasteiger partial charge >= 0.3 is 5.97 Å². The van der Waals surface area contributed by atoms with Gasteiger partial charge in [0.2, 0.25) is 6.79 Å². The maximum Gasteiger partial charge on any atom is 0.352 e. The first-order chi connectivity index (χ1) is 16.5. The summed E-state index contributed by atoms with van der Waals surface area (Å²) in [5.74, 6) is -0.0323. The maximum atomic E-state index is 13.1. The van der Waals surface area contributed by atoms with E-state index in [0.29, 0.717) is 39.2 Å². The summed E-state index contributed by atoms with van der Waals surface area (Å²) in [4.78, 5) is 15.1. The number of carboxylic acids is 1. The zero-order chi connectivity index (χ0) is 25.0. The summed E-state index contributed by atoms with van der Waals surface area (Å²) < 4.78 is 39.5. The molecule has 0 saturated carbocycles. The molecule has 2 heterocycles. The predicted molar refractivity (Wildman–Crippen MR) is 133 cm³/mol. The first-order valence-electron chi connectivity index (χ1n) is 11.0. The lowest BCUT2D eigenvalue weighted by Gasteiger charge is -2.19. The van der Waals surface area contributed by atoms with Gasteiger partial charge in [0.15, 0.2) is 11.5 Å². The van der Waals surface area contributed by atoms with Crippen LogP contribution in [0.5, 0.6) is 11.5 Å². The largest absolute Gasteiger partial charge is 0.477 e. The highest BCUT2D eigenvalue weighted by atomic mass is 32.2. The van der Waals surface area contributed by atoms with Gasteiger partial charge < -0.3 is 19.6 Å². The fraction of sp³-hybridized carbons (Fsp3) is 0.192. The molecule has 1 aromatic heterocycles. The third kappa shape index (κ3) is 4.19. The summed E-state index contributed by atoms with van der Waals surface area (Å²) >= 11 is 0. The Morgan fingerprint density at radius 2 is 1.69 bits per heavy atom. The molecular formula is C26H24N2O6S. The molecule has 9 heteroatoms. The number of nitrogens with one attached hydrogen (secondary N) is 2. The fourth-order valence-electron chi connectivity index (χ4n) is 4.12. The highest BCUT2D eigenvalue weighted by Crippen LogP contribution is 2.40. The average Bonchev–Trinajstić information content (AvgIpc) is 3.42. The van der Waals surface area contributed by atoms with Gasteiger partial charge in [0, 0.05) is 22.2 Å². The van der Waals surface area contributed by atoms with Crippen LogP contribution < -0.4 is 14.2 Å². The lowest BCUT2D eigenvalue weighted by molar-refractivity contribution is 0.0692. The smallest absolute Gasteiger partial charge is 0.352 e. The van der Waals surface area contributed by atoms with E-state index in [1.807, 2.05) is 0 Å². The number of aromatic carboxylic acids is 1. The van der Waals surface area contributed by atoms with Crippen LogP contribution in [-0.4, -0.2) is 31.3 Å². The third-order valence-corrected chi connectivity index (χ3v) is 7.35. The van der Waals surface area contributed by atoms with Crippen molar-refractivity contribution in [3.63, 3.8) is 0 Å². The van der Waals surface area contributed by atoms with Crippen molar-refractivity contribution >= 4 is 32.6 Å². The summed E-state index contributed by atoms with van der Waals surface area (Å²) in [6.07, 6.45) is 0. The Bertz CT molecular complexity index is 1560. The Kier molecular flexibility index (Phi) is 5.25. The lowest BCUT2D eigenvalue weighted by Crippen LogP contribution is -2.14. The molecule has 5 rings (SSSR count). The summed E-state index contributed by atoms with van der Waals surface area (Å²) in [5.41, 5.74) is 2.85. The van der Waals surface area contributed by atoms with Gasteiger partial charge in [-0.1, -0.05) is 39.0 Å². The highest BCUT2D eigenvalue weighted by Gasteiger charge is 2.23. The molecule has 0 saturated heterocycles. The van der Waals surface area contributed by atoms with E-state index < -0.39 is 16.0 Å². The van der Waals surface area contributed by atoms with Crippen LogP contribution in [0, 0.1) is 0 Å². The quantitative estimate of drug-likeness (QED) is 0.345.